The van der Waals surface area contributed by atoms with Gasteiger partial charge in [0.05, 0.1) is 9.82 Å². The Kier molecular flexibility index (Phi) is 6.90. The predicted octanol–water partition coefficient (Wildman–Crippen LogP) is 3.24. The van der Waals surface area contributed by atoms with Crippen molar-refractivity contribution in [1.29, 1.82) is 0 Å². The van der Waals surface area contributed by atoms with Gasteiger partial charge in [-0.3, -0.25) is 10.1 Å². The second-order valence-electron chi connectivity index (χ2n) is 7.85. The average Bonchev–Trinajstić information content (AvgIpc) is 3.48. The fourth-order valence-electron chi connectivity index (χ4n) is 3.42. The van der Waals surface area contributed by atoms with Gasteiger partial charge in [-0.1, -0.05) is 6.92 Å². The molecule has 1 saturated heterocycles. The molecule has 2 fully saturated rings. The summed E-state index contributed by atoms with van der Waals surface area (Å²) in [4.78, 5) is 10.9. The minimum Gasteiger partial charge on any atom is -0.381 e. The zero-order valence-electron chi connectivity index (χ0n) is 16.3. The molecule has 2 aliphatic rings. The maximum absolute atomic E-state index is 12.9. The van der Waals surface area contributed by atoms with E-state index in [0.29, 0.717) is 43.8 Å². The maximum atomic E-state index is 12.9. The molecule has 1 atom stereocenters. The third-order valence-electron chi connectivity index (χ3n) is 5.25. The highest BCUT2D eigenvalue weighted by Crippen LogP contribution is 2.31. The Morgan fingerprint density at radius 3 is 2.79 bits per heavy atom. The first-order valence-electron chi connectivity index (χ1n) is 9.98. The highest BCUT2D eigenvalue weighted by molar-refractivity contribution is 7.89. The molecule has 1 aliphatic heterocycles. The molecular weight excluding hydrogens is 382 g/mol. The lowest BCUT2D eigenvalue weighted by atomic mass is 10.0. The van der Waals surface area contributed by atoms with Crippen molar-refractivity contribution in [1.82, 2.24) is 4.31 Å². The Morgan fingerprint density at radius 1 is 1.32 bits per heavy atom. The van der Waals surface area contributed by atoms with Crippen LogP contribution in [0.15, 0.2) is 23.1 Å². The first-order valence-corrected chi connectivity index (χ1v) is 11.4. The minimum atomic E-state index is -3.72. The van der Waals surface area contributed by atoms with E-state index >= 15 is 0 Å². The summed E-state index contributed by atoms with van der Waals surface area (Å²) in [6.07, 6.45) is 5.03. The fourth-order valence-corrected chi connectivity index (χ4v) is 5.04. The lowest BCUT2D eigenvalue weighted by Gasteiger charge is -2.30. The van der Waals surface area contributed by atoms with E-state index in [1.807, 2.05) is 6.92 Å². The highest BCUT2D eigenvalue weighted by atomic mass is 32.2. The third kappa shape index (κ3) is 5.42. The van der Waals surface area contributed by atoms with Crippen molar-refractivity contribution in [2.45, 2.75) is 43.9 Å². The van der Waals surface area contributed by atoms with Crippen LogP contribution in [0.25, 0.3) is 0 Å². The molecule has 1 aromatic carbocycles. The van der Waals surface area contributed by atoms with Crippen LogP contribution in [0.1, 0.15) is 39.0 Å². The molecule has 8 nitrogen and oxygen atoms in total. The van der Waals surface area contributed by atoms with Crippen molar-refractivity contribution in [2.75, 3.05) is 38.2 Å². The molecule has 1 aromatic rings. The molecule has 9 heteroatoms. The number of rotatable bonds is 10. The van der Waals surface area contributed by atoms with Crippen molar-refractivity contribution >= 4 is 21.4 Å². The Balaban J connectivity index is 1.63. The summed E-state index contributed by atoms with van der Waals surface area (Å²) in [6.45, 7) is 4.86. The first kappa shape index (κ1) is 21.0. The van der Waals surface area contributed by atoms with E-state index in [2.05, 4.69) is 5.32 Å². The molecule has 28 heavy (non-hydrogen) atoms. The summed E-state index contributed by atoms with van der Waals surface area (Å²) in [5, 5.41) is 14.5. The SMILES string of the molecule is C[C@@H]1CCCN(S(=O)(=O)c2ccc(NCCCOCC3CC3)c([N+](=O)[O-])c2)C1. The minimum absolute atomic E-state index is 0.0217. The number of sulfonamides is 1. The zero-order chi connectivity index (χ0) is 20.1. The zero-order valence-corrected chi connectivity index (χ0v) is 17.1. The summed E-state index contributed by atoms with van der Waals surface area (Å²) in [5.41, 5.74) is 0.114. The van der Waals surface area contributed by atoms with Crippen molar-refractivity contribution in [3.8, 4) is 0 Å². The number of nitrogens with one attached hydrogen (secondary N) is 1. The predicted molar refractivity (Wildman–Crippen MR) is 107 cm³/mol. The molecule has 156 valence electrons. The monoisotopic (exact) mass is 411 g/mol. The van der Waals surface area contributed by atoms with Gasteiger partial charge in [0.2, 0.25) is 10.0 Å². The standard InChI is InChI=1S/C19H29N3O5S/c1-15-4-2-10-21(13-15)28(25,26)17-7-8-18(19(12-17)22(23)24)20-9-3-11-27-14-16-5-6-16/h7-8,12,15-16,20H,2-6,9-11,13-14H2,1H3/t15-/m1/s1. The number of nitro benzene ring substituents is 1. The van der Waals surface area contributed by atoms with Gasteiger partial charge in [-0.05, 0) is 56.1 Å². The molecule has 0 aromatic heterocycles. The molecule has 1 N–H and O–H groups in total. The average molecular weight is 412 g/mol. The van der Waals surface area contributed by atoms with Crippen molar-refractivity contribution < 1.29 is 18.1 Å². The van der Waals surface area contributed by atoms with Gasteiger partial charge in [0, 0.05) is 38.9 Å². The summed E-state index contributed by atoms with van der Waals surface area (Å²) < 4.78 is 32.7. The largest absolute Gasteiger partial charge is 0.381 e. The van der Waals surface area contributed by atoms with Crippen LogP contribution in [0.5, 0.6) is 0 Å². The molecule has 0 bridgehead atoms. The van der Waals surface area contributed by atoms with Gasteiger partial charge in [0.25, 0.3) is 5.69 Å². The van der Waals surface area contributed by atoms with Crippen LogP contribution in [0.2, 0.25) is 0 Å². The number of nitro groups is 1. The Bertz CT molecular complexity index is 795. The Hall–Kier alpha value is -1.71. The molecule has 1 heterocycles. The molecular formula is C19H29N3O5S. The normalized spacial score (nSPS) is 20.8. The van der Waals surface area contributed by atoms with Crippen LogP contribution in [-0.2, 0) is 14.8 Å². The Morgan fingerprint density at radius 2 is 2.11 bits per heavy atom. The van der Waals surface area contributed by atoms with Crippen molar-refractivity contribution in [3.63, 3.8) is 0 Å². The number of hydrogen-bond donors (Lipinski definition) is 1. The number of piperidine rings is 1. The highest BCUT2D eigenvalue weighted by Gasteiger charge is 2.30. The summed E-state index contributed by atoms with van der Waals surface area (Å²) >= 11 is 0. The van der Waals surface area contributed by atoms with Gasteiger partial charge in [0.15, 0.2) is 0 Å². The molecule has 3 rings (SSSR count). The van der Waals surface area contributed by atoms with E-state index < -0.39 is 14.9 Å². The van der Waals surface area contributed by atoms with Crippen LogP contribution in [0, 0.1) is 22.0 Å². The van der Waals surface area contributed by atoms with Crippen molar-refractivity contribution in [3.05, 3.63) is 28.3 Å². The number of hydrogen-bond acceptors (Lipinski definition) is 6. The number of nitrogens with zero attached hydrogens (tertiary/aromatic N) is 2. The van der Waals surface area contributed by atoms with Crippen LogP contribution in [0.3, 0.4) is 0 Å². The lowest BCUT2D eigenvalue weighted by Crippen LogP contribution is -2.39. The van der Waals surface area contributed by atoms with Gasteiger partial charge >= 0.3 is 0 Å². The second-order valence-corrected chi connectivity index (χ2v) is 9.78. The number of anilines is 1. The van der Waals surface area contributed by atoms with Crippen LogP contribution < -0.4 is 5.32 Å². The quantitative estimate of drug-likeness (QED) is 0.360. The summed E-state index contributed by atoms with van der Waals surface area (Å²) in [6, 6.07) is 4.11. The molecule has 1 aliphatic carbocycles. The lowest BCUT2D eigenvalue weighted by molar-refractivity contribution is -0.384. The topological polar surface area (TPSA) is 102 Å². The second kappa shape index (κ2) is 9.19. The molecule has 0 amide bonds. The summed E-state index contributed by atoms with van der Waals surface area (Å²) in [5.74, 6) is 1.01. The van der Waals surface area contributed by atoms with E-state index in [0.717, 1.165) is 25.9 Å². The molecule has 0 spiro atoms. The summed E-state index contributed by atoms with van der Waals surface area (Å²) in [7, 11) is -3.72. The van der Waals surface area contributed by atoms with Gasteiger partial charge in [-0.15, -0.1) is 0 Å². The molecule has 0 unspecified atom stereocenters. The maximum Gasteiger partial charge on any atom is 0.293 e. The number of ether oxygens (including phenoxy) is 1. The van der Waals surface area contributed by atoms with Crippen LogP contribution in [0.4, 0.5) is 11.4 Å². The smallest absolute Gasteiger partial charge is 0.293 e. The Labute approximate surface area is 166 Å². The first-order chi connectivity index (χ1) is 13.4. The van der Waals surface area contributed by atoms with Crippen molar-refractivity contribution in [2.24, 2.45) is 11.8 Å². The van der Waals surface area contributed by atoms with E-state index in [9.17, 15) is 18.5 Å². The van der Waals surface area contributed by atoms with E-state index in [1.54, 1.807) is 0 Å². The molecule has 1 saturated carbocycles. The van der Waals surface area contributed by atoms with Crippen LogP contribution in [-0.4, -0.2) is 50.5 Å². The van der Waals surface area contributed by atoms with Gasteiger partial charge in [-0.2, -0.15) is 4.31 Å². The molecule has 0 radical (unpaired) electrons. The van der Waals surface area contributed by atoms with Gasteiger partial charge in [0.1, 0.15) is 5.69 Å². The van der Waals surface area contributed by atoms with E-state index in [-0.39, 0.29) is 10.6 Å². The number of benzene rings is 1. The fraction of sp³-hybridized carbons (Fsp3) is 0.684. The van der Waals surface area contributed by atoms with Gasteiger partial charge < -0.3 is 10.1 Å². The van der Waals surface area contributed by atoms with Crippen LogP contribution >= 0.6 is 0 Å². The van der Waals surface area contributed by atoms with E-state index in [1.165, 1.54) is 35.3 Å². The third-order valence-corrected chi connectivity index (χ3v) is 7.12. The van der Waals surface area contributed by atoms with E-state index in [4.69, 9.17) is 4.74 Å². The van der Waals surface area contributed by atoms with Gasteiger partial charge in [-0.25, -0.2) is 8.42 Å².